The molecule has 2 nitrogen and oxygen atoms in total. The molecule has 1 spiro atoms. The molecule has 8 aromatic carbocycles. The van der Waals surface area contributed by atoms with Crippen LogP contribution < -0.4 is 4.90 Å². The van der Waals surface area contributed by atoms with Gasteiger partial charge in [0.25, 0.3) is 0 Å². The molecule has 0 amide bonds. The molecule has 0 saturated heterocycles. The zero-order chi connectivity index (χ0) is 36.1. The normalized spacial score (nSPS) is 13.2. The Morgan fingerprint density at radius 1 is 0.455 bits per heavy atom. The van der Waals surface area contributed by atoms with Gasteiger partial charge in [-0.3, -0.25) is 4.98 Å². The fourth-order valence-corrected chi connectivity index (χ4v) is 10.8. The number of hydrogen-bond acceptors (Lipinski definition) is 3. The Hall–Kier alpha value is -6.81. The van der Waals surface area contributed by atoms with Crippen molar-refractivity contribution in [2.24, 2.45) is 0 Å². The second kappa shape index (κ2) is 11.6. The Labute approximate surface area is 323 Å². The summed E-state index contributed by atoms with van der Waals surface area (Å²) in [6.45, 7) is 0. The van der Waals surface area contributed by atoms with E-state index in [0.717, 1.165) is 22.6 Å². The summed E-state index contributed by atoms with van der Waals surface area (Å²) in [5, 5.41) is 3.72. The maximum Gasteiger partial charge on any atom is 0.0896 e. The highest BCUT2D eigenvalue weighted by Gasteiger charge is 2.52. The Morgan fingerprint density at radius 3 is 1.84 bits per heavy atom. The van der Waals surface area contributed by atoms with E-state index in [9.17, 15) is 0 Å². The number of anilines is 3. The van der Waals surface area contributed by atoms with Crippen molar-refractivity contribution in [3.8, 4) is 33.4 Å². The maximum absolute atomic E-state index is 5.29. The zero-order valence-corrected chi connectivity index (χ0v) is 30.6. The van der Waals surface area contributed by atoms with E-state index >= 15 is 0 Å². The minimum absolute atomic E-state index is 0.424. The van der Waals surface area contributed by atoms with Crippen molar-refractivity contribution in [2.45, 2.75) is 5.41 Å². The van der Waals surface area contributed by atoms with Crippen LogP contribution in [0, 0.1) is 0 Å². The monoisotopic (exact) mass is 716 g/mol. The SMILES string of the molecule is c1ccc(-c2ccc(N(c3cnc4c(c3)sc3ccc5ccccc5c34)c3cccc4c3-c3ccccc3C43c4ccccc4-c4ccccc43)cc2)cc1. The molecule has 2 aliphatic carbocycles. The van der Waals surface area contributed by atoms with Crippen LogP contribution in [0.1, 0.15) is 22.3 Å². The first kappa shape index (κ1) is 30.6. The van der Waals surface area contributed by atoms with Gasteiger partial charge in [-0.1, -0.05) is 158 Å². The van der Waals surface area contributed by atoms with Gasteiger partial charge in [0, 0.05) is 21.3 Å². The fraction of sp³-hybridized carbons (Fsp3) is 0.0192. The van der Waals surface area contributed by atoms with Crippen LogP contribution in [0.5, 0.6) is 0 Å². The Kier molecular flexibility index (Phi) is 6.46. The number of pyridine rings is 1. The summed E-state index contributed by atoms with van der Waals surface area (Å²) >= 11 is 1.82. The second-order valence-corrected chi connectivity index (χ2v) is 15.7. The molecule has 0 fully saturated rings. The van der Waals surface area contributed by atoms with E-state index in [0.29, 0.717) is 0 Å². The summed E-state index contributed by atoms with van der Waals surface area (Å²) in [6, 6.07) is 69.2. The van der Waals surface area contributed by atoms with E-state index in [-0.39, 0.29) is 0 Å². The van der Waals surface area contributed by atoms with Gasteiger partial charge in [-0.2, -0.15) is 0 Å². The van der Waals surface area contributed by atoms with Gasteiger partial charge in [-0.05, 0) is 91.2 Å². The van der Waals surface area contributed by atoms with Gasteiger partial charge >= 0.3 is 0 Å². The lowest BCUT2D eigenvalue weighted by Crippen LogP contribution is -2.26. The maximum atomic E-state index is 5.29. The van der Waals surface area contributed by atoms with Crippen LogP contribution in [-0.4, -0.2) is 4.98 Å². The number of thiophene rings is 1. The Morgan fingerprint density at radius 2 is 1.07 bits per heavy atom. The van der Waals surface area contributed by atoms with E-state index < -0.39 is 5.41 Å². The van der Waals surface area contributed by atoms with Crippen LogP contribution in [-0.2, 0) is 5.41 Å². The molecule has 2 heterocycles. The Balaban J connectivity index is 1.13. The van der Waals surface area contributed by atoms with Crippen molar-refractivity contribution < 1.29 is 0 Å². The predicted octanol–water partition coefficient (Wildman–Crippen LogP) is 14.1. The molecule has 2 aliphatic rings. The molecular formula is C52H32N2S. The lowest BCUT2D eigenvalue weighted by molar-refractivity contribution is 0.794. The molecule has 0 radical (unpaired) electrons. The quantitative estimate of drug-likeness (QED) is 0.180. The molecule has 0 atom stereocenters. The van der Waals surface area contributed by atoms with Gasteiger partial charge in [-0.15, -0.1) is 11.3 Å². The van der Waals surface area contributed by atoms with Crippen molar-refractivity contribution in [2.75, 3.05) is 4.90 Å². The van der Waals surface area contributed by atoms with Crippen molar-refractivity contribution >= 4 is 59.5 Å². The van der Waals surface area contributed by atoms with Crippen molar-refractivity contribution in [1.82, 2.24) is 4.98 Å². The highest BCUT2D eigenvalue weighted by molar-refractivity contribution is 7.26. The largest absolute Gasteiger partial charge is 0.308 e. The van der Waals surface area contributed by atoms with Gasteiger partial charge in [0.1, 0.15) is 0 Å². The van der Waals surface area contributed by atoms with E-state index in [1.807, 2.05) is 11.3 Å². The summed E-state index contributed by atoms with van der Waals surface area (Å²) in [6.07, 6.45) is 2.08. The molecular weight excluding hydrogens is 685 g/mol. The van der Waals surface area contributed by atoms with E-state index in [1.165, 1.54) is 81.2 Å². The van der Waals surface area contributed by atoms with E-state index in [1.54, 1.807) is 0 Å². The minimum atomic E-state index is -0.424. The molecule has 0 N–H and O–H groups in total. The molecule has 3 heteroatoms. The third-order valence-electron chi connectivity index (χ3n) is 11.9. The summed E-state index contributed by atoms with van der Waals surface area (Å²) in [7, 11) is 0. The summed E-state index contributed by atoms with van der Waals surface area (Å²) < 4.78 is 2.44. The second-order valence-electron chi connectivity index (χ2n) is 14.6. The first-order chi connectivity index (χ1) is 27.3. The van der Waals surface area contributed by atoms with Crippen molar-refractivity contribution in [1.29, 1.82) is 0 Å². The van der Waals surface area contributed by atoms with E-state index in [2.05, 4.69) is 199 Å². The zero-order valence-electron chi connectivity index (χ0n) is 29.8. The summed E-state index contributed by atoms with van der Waals surface area (Å²) in [4.78, 5) is 7.73. The number of aromatic nitrogens is 1. The summed E-state index contributed by atoms with van der Waals surface area (Å²) in [5.74, 6) is 0. The number of nitrogens with zero attached hydrogens (tertiary/aromatic N) is 2. The molecule has 2 aromatic heterocycles. The molecule has 55 heavy (non-hydrogen) atoms. The van der Waals surface area contributed by atoms with Gasteiger partial charge in [-0.25, -0.2) is 0 Å². The van der Waals surface area contributed by atoms with Gasteiger partial charge in [0.2, 0.25) is 0 Å². The van der Waals surface area contributed by atoms with Crippen LogP contribution in [0.25, 0.3) is 64.5 Å². The Bertz CT molecular complexity index is 3110. The standard InChI is InChI=1S/C52H32N2S/c1-2-13-33(14-3-1)34-25-28-36(29-26-34)54(37-31-48-51(53-32-37)50-38-16-5-4-15-35(38)27-30-47(50)55-48)46-24-12-23-45-49(46)41-19-8-11-22-44(41)52(45)42-20-9-6-17-39(42)40-18-7-10-21-43(40)52/h1-32H. The van der Waals surface area contributed by atoms with Crippen LogP contribution in [0.2, 0.25) is 0 Å². The molecule has 10 aromatic rings. The average molecular weight is 717 g/mol. The van der Waals surface area contributed by atoms with Crippen molar-refractivity contribution in [3.63, 3.8) is 0 Å². The number of benzene rings is 8. The third-order valence-corrected chi connectivity index (χ3v) is 13.0. The first-order valence-electron chi connectivity index (χ1n) is 18.9. The van der Waals surface area contributed by atoms with Crippen LogP contribution in [0.15, 0.2) is 194 Å². The number of fused-ring (bicyclic) bond motifs is 15. The van der Waals surface area contributed by atoms with E-state index in [4.69, 9.17) is 4.98 Å². The highest BCUT2D eigenvalue weighted by Crippen LogP contribution is 2.64. The fourth-order valence-electron chi connectivity index (χ4n) is 9.69. The van der Waals surface area contributed by atoms with Gasteiger partial charge in [0.05, 0.1) is 33.2 Å². The molecule has 0 saturated carbocycles. The number of rotatable bonds is 4. The van der Waals surface area contributed by atoms with Gasteiger partial charge in [0.15, 0.2) is 0 Å². The lowest BCUT2D eigenvalue weighted by Gasteiger charge is -2.31. The molecule has 0 unspecified atom stereocenters. The lowest BCUT2D eigenvalue weighted by atomic mass is 9.70. The van der Waals surface area contributed by atoms with Crippen LogP contribution in [0.4, 0.5) is 17.1 Å². The smallest absolute Gasteiger partial charge is 0.0896 e. The minimum Gasteiger partial charge on any atom is -0.308 e. The summed E-state index contributed by atoms with van der Waals surface area (Å²) in [5.41, 5.74) is 16.8. The molecule has 0 aliphatic heterocycles. The predicted molar refractivity (Wildman–Crippen MR) is 231 cm³/mol. The molecule has 12 rings (SSSR count). The van der Waals surface area contributed by atoms with Crippen LogP contribution in [0.3, 0.4) is 0 Å². The average Bonchev–Trinajstić information content (AvgIpc) is 3.89. The van der Waals surface area contributed by atoms with Crippen LogP contribution >= 0.6 is 11.3 Å². The molecule has 0 bridgehead atoms. The topological polar surface area (TPSA) is 16.1 Å². The highest BCUT2D eigenvalue weighted by atomic mass is 32.1. The first-order valence-corrected chi connectivity index (χ1v) is 19.7. The van der Waals surface area contributed by atoms with Gasteiger partial charge < -0.3 is 4.90 Å². The van der Waals surface area contributed by atoms with Crippen molar-refractivity contribution in [3.05, 3.63) is 217 Å². The molecule has 256 valence electrons. The third kappa shape index (κ3) is 4.22. The number of hydrogen-bond donors (Lipinski definition) is 0.